The van der Waals surface area contributed by atoms with Gasteiger partial charge in [-0.3, -0.25) is 0 Å². The van der Waals surface area contributed by atoms with Gasteiger partial charge in [-0.15, -0.1) is 0 Å². The molecule has 0 saturated carbocycles. The second-order valence-electron chi connectivity index (χ2n) is 1.24. The molecule has 0 saturated heterocycles. The number of nitrogens with zero attached hydrogens (tertiary/aromatic N) is 1. The van der Waals surface area contributed by atoms with E-state index in [1.54, 1.807) is 18.4 Å². The van der Waals surface area contributed by atoms with Crippen LogP contribution >= 0.6 is 11.3 Å². The Balaban J connectivity index is 2.84. The predicted octanol–water partition coefficient (Wildman–Crippen LogP) is -0.322. The molecule has 0 aliphatic heterocycles. The van der Waals surface area contributed by atoms with Crippen LogP contribution < -0.4 is 8.45 Å². The summed E-state index contributed by atoms with van der Waals surface area (Å²) in [6, 6.07) is 0. The van der Waals surface area contributed by atoms with E-state index in [9.17, 15) is 0 Å². The first-order valence-electron chi connectivity index (χ1n) is 2.08. The van der Waals surface area contributed by atoms with Crippen LogP contribution in [0.4, 0.5) is 0 Å². The molecule has 8 heavy (non-hydrogen) atoms. The number of thiazole rings is 1. The summed E-state index contributed by atoms with van der Waals surface area (Å²) in [6.45, 7) is 0. The number of rotatable bonds is 1. The van der Waals surface area contributed by atoms with Crippen molar-refractivity contribution in [1.82, 2.24) is 4.98 Å². The quantitative estimate of drug-likeness (QED) is 0.621. The van der Waals surface area contributed by atoms with Crippen LogP contribution in [0.2, 0.25) is 0 Å². The Hall–Kier alpha value is 0.229. The van der Waals surface area contributed by atoms with Crippen molar-refractivity contribution in [2.45, 2.75) is 0 Å². The molecule has 1 rings (SSSR count). The number of hydrogen-bond acceptors (Lipinski definition) is 3. The van der Waals surface area contributed by atoms with Crippen LogP contribution in [0.3, 0.4) is 0 Å². The van der Waals surface area contributed by atoms with Crippen molar-refractivity contribution in [1.29, 1.82) is 0 Å². The summed E-state index contributed by atoms with van der Waals surface area (Å²) < 4.78 is 6.01. The third kappa shape index (κ3) is 1.35. The van der Waals surface area contributed by atoms with Crippen molar-refractivity contribution >= 4 is 37.6 Å². The molecule has 1 heterocycles. The zero-order valence-corrected chi connectivity index (χ0v) is 8.53. The van der Waals surface area contributed by atoms with Gasteiger partial charge in [0.1, 0.15) is 0 Å². The van der Waals surface area contributed by atoms with Crippen LogP contribution in [-0.4, -0.2) is 34.6 Å². The van der Waals surface area contributed by atoms with E-state index in [1.807, 2.05) is 5.38 Å². The van der Waals surface area contributed by atoms with Gasteiger partial charge in [0.15, 0.2) is 0 Å². The predicted molar refractivity (Wildman–Crippen MR) is 35.4 cm³/mol. The molecule has 0 spiro atoms. The Labute approximate surface area is 65.0 Å². The molecule has 2 radical (unpaired) electrons. The summed E-state index contributed by atoms with van der Waals surface area (Å²) in [5.41, 5.74) is 0. The van der Waals surface area contributed by atoms with E-state index < -0.39 is 0 Å². The normalized spacial score (nSPS) is 9.25. The zero-order valence-electron chi connectivity index (χ0n) is 4.42. The van der Waals surface area contributed by atoms with E-state index in [-0.39, 0.29) is 0 Å². The monoisotopic (exact) mass is 235 g/mol. The summed E-state index contributed by atoms with van der Waals surface area (Å²) in [5.74, 6) is 0. The van der Waals surface area contributed by atoms with Gasteiger partial charge in [0.25, 0.3) is 0 Å². The van der Waals surface area contributed by atoms with Gasteiger partial charge < -0.3 is 0 Å². The number of ether oxygens (including phenoxy) is 1. The van der Waals surface area contributed by atoms with Crippen molar-refractivity contribution in [3.63, 3.8) is 0 Å². The molecule has 0 aliphatic rings. The molecule has 0 atom stereocenters. The van der Waals surface area contributed by atoms with Crippen molar-refractivity contribution < 1.29 is 4.74 Å². The van der Waals surface area contributed by atoms with Gasteiger partial charge in [0, 0.05) is 0 Å². The first-order valence-corrected chi connectivity index (χ1v) is 4.60. The molecular weight excluding hydrogens is 229 g/mol. The molecular formula is C4H5NOSSn. The first kappa shape index (κ1) is 6.35. The fraction of sp³-hybridized carbons (Fsp3) is 0.250. The van der Waals surface area contributed by atoms with Crippen molar-refractivity contribution in [3.05, 3.63) is 5.38 Å². The third-order valence-electron chi connectivity index (χ3n) is 0.675. The molecule has 4 heteroatoms. The molecule has 1 aromatic heterocycles. The average molecular weight is 234 g/mol. The van der Waals surface area contributed by atoms with Crippen molar-refractivity contribution in [2.75, 3.05) is 7.11 Å². The molecule has 42 valence electrons. The number of methoxy groups -OCH3 is 1. The molecule has 0 amide bonds. The summed E-state index contributed by atoms with van der Waals surface area (Å²) in [7, 11) is 1.64. The summed E-state index contributed by atoms with van der Waals surface area (Å²) in [5, 5.41) is 2.79. The van der Waals surface area contributed by atoms with Gasteiger partial charge in [0.2, 0.25) is 0 Å². The third-order valence-corrected chi connectivity index (χ3v) is 3.03. The fourth-order valence-corrected chi connectivity index (χ4v) is 2.08. The van der Waals surface area contributed by atoms with E-state index in [0.29, 0.717) is 0 Å². The number of aromatic nitrogens is 1. The minimum atomic E-state index is 0.771. The van der Waals surface area contributed by atoms with Crippen molar-refractivity contribution in [3.8, 4) is 5.19 Å². The topological polar surface area (TPSA) is 22.1 Å². The van der Waals surface area contributed by atoms with Gasteiger partial charge in [-0.2, -0.15) is 0 Å². The van der Waals surface area contributed by atoms with Gasteiger partial charge >= 0.3 is 65.0 Å². The van der Waals surface area contributed by atoms with E-state index in [0.717, 1.165) is 31.4 Å². The van der Waals surface area contributed by atoms with Crippen LogP contribution in [0.25, 0.3) is 0 Å². The van der Waals surface area contributed by atoms with Crippen LogP contribution in [-0.2, 0) is 0 Å². The Morgan fingerprint density at radius 2 is 2.62 bits per heavy atom. The van der Waals surface area contributed by atoms with E-state index in [2.05, 4.69) is 4.98 Å². The Kier molecular flexibility index (Phi) is 2.13. The van der Waals surface area contributed by atoms with Gasteiger partial charge in [0.05, 0.1) is 0 Å². The Morgan fingerprint density at radius 1 is 1.88 bits per heavy atom. The summed E-state index contributed by atoms with van der Waals surface area (Å²) in [4.78, 5) is 4.08. The summed E-state index contributed by atoms with van der Waals surface area (Å²) in [6.07, 6.45) is 0. The molecule has 2 nitrogen and oxygen atoms in total. The SMILES string of the molecule is COc1n[c]([SnH])cs1. The fourth-order valence-electron chi connectivity index (χ4n) is 0.363. The van der Waals surface area contributed by atoms with E-state index >= 15 is 0 Å². The molecule has 0 aliphatic carbocycles. The second kappa shape index (κ2) is 2.68. The van der Waals surface area contributed by atoms with E-state index in [1.165, 1.54) is 0 Å². The first-order chi connectivity index (χ1) is 3.83. The molecule has 0 unspecified atom stereocenters. The van der Waals surface area contributed by atoms with Crippen LogP contribution in [0.15, 0.2) is 5.38 Å². The van der Waals surface area contributed by atoms with Crippen LogP contribution in [0, 0.1) is 0 Å². The maximum absolute atomic E-state index is 4.86. The number of hydrogen-bond donors (Lipinski definition) is 0. The standard InChI is InChI=1S/C4H4NOS.Sn.H/c1-6-4-5-2-3-7-4;;/h3H,1H3;;. The van der Waals surface area contributed by atoms with Gasteiger partial charge in [-0.05, 0) is 0 Å². The molecule has 0 aromatic carbocycles. The minimum absolute atomic E-state index is 0.771. The zero-order chi connectivity index (χ0) is 5.98. The molecule has 0 N–H and O–H groups in total. The maximum atomic E-state index is 4.86. The van der Waals surface area contributed by atoms with Crippen LogP contribution in [0.5, 0.6) is 5.19 Å². The van der Waals surface area contributed by atoms with Gasteiger partial charge in [-0.1, -0.05) is 0 Å². The van der Waals surface area contributed by atoms with Crippen molar-refractivity contribution in [2.24, 2.45) is 0 Å². The molecule has 0 bridgehead atoms. The Bertz CT molecular complexity index is 176. The van der Waals surface area contributed by atoms with E-state index in [4.69, 9.17) is 4.74 Å². The Morgan fingerprint density at radius 3 is 2.88 bits per heavy atom. The molecule has 0 fully saturated rings. The molecule has 1 aromatic rings. The van der Waals surface area contributed by atoms with Crippen LogP contribution in [0.1, 0.15) is 0 Å². The van der Waals surface area contributed by atoms with Gasteiger partial charge in [-0.25, -0.2) is 0 Å². The average Bonchev–Trinajstić information content (AvgIpc) is 2.14. The summed E-state index contributed by atoms with van der Waals surface area (Å²) >= 11 is 2.63. The second-order valence-corrected chi connectivity index (χ2v) is 3.75.